The molecule has 1 saturated heterocycles. The summed E-state index contributed by atoms with van der Waals surface area (Å²) in [6, 6.07) is 11.6. The summed E-state index contributed by atoms with van der Waals surface area (Å²) in [5.74, 6) is -0.977. The smallest absolute Gasteiger partial charge is 0.255 e. The summed E-state index contributed by atoms with van der Waals surface area (Å²) in [4.78, 5) is 25.3. The van der Waals surface area contributed by atoms with E-state index in [0.717, 1.165) is 15.6 Å². The molecule has 0 spiro atoms. The summed E-state index contributed by atoms with van der Waals surface area (Å²) in [5, 5.41) is 11.2. The average Bonchev–Trinajstić information content (AvgIpc) is 2.90. The summed E-state index contributed by atoms with van der Waals surface area (Å²) >= 11 is 3.35. The lowest BCUT2D eigenvalue weighted by Crippen LogP contribution is -2.34. The van der Waals surface area contributed by atoms with Crippen molar-refractivity contribution in [2.75, 3.05) is 6.54 Å². The molecule has 2 unspecified atom stereocenters. The molecule has 124 valence electrons. The van der Waals surface area contributed by atoms with Gasteiger partial charge in [-0.15, -0.1) is 0 Å². The van der Waals surface area contributed by atoms with Crippen molar-refractivity contribution in [3.8, 4) is 0 Å². The van der Waals surface area contributed by atoms with Crippen LogP contribution in [-0.4, -0.2) is 40.0 Å². The zero-order valence-electron chi connectivity index (χ0n) is 12.5. The van der Waals surface area contributed by atoms with Crippen LogP contribution >= 0.6 is 15.9 Å². The monoisotopic (exact) mass is 392 g/mol. The average molecular weight is 393 g/mol. The zero-order chi connectivity index (χ0) is 17.3. The van der Waals surface area contributed by atoms with Crippen molar-refractivity contribution in [1.29, 1.82) is 0 Å². The molecule has 1 aliphatic rings. The Labute approximate surface area is 146 Å². The molecule has 2 aromatic rings. The molecule has 1 amide bonds. The number of nitrogens with zero attached hydrogens (tertiary/aromatic N) is 2. The normalized spacial score (nSPS) is 21.0. The number of rotatable bonds is 3. The molecule has 7 heteroatoms. The quantitative estimate of drug-likeness (QED) is 0.815. The van der Waals surface area contributed by atoms with Crippen LogP contribution < -0.4 is 0 Å². The van der Waals surface area contributed by atoms with Crippen LogP contribution in [0.15, 0.2) is 53.0 Å². The Kier molecular flexibility index (Phi) is 4.75. The number of carbonyl (C=O) groups excluding carboxylic acids is 2. The predicted octanol–water partition coefficient (Wildman–Crippen LogP) is 3.00. The fourth-order valence-electron chi connectivity index (χ4n) is 2.80. The van der Waals surface area contributed by atoms with E-state index in [1.807, 2.05) is 6.07 Å². The van der Waals surface area contributed by atoms with Crippen molar-refractivity contribution in [3.05, 3.63) is 69.9 Å². The Morgan fingerprint density at radius 3 is 2.67 bits per heavy atom. The minimum atomic E-state index is -0.841. The van der Waals surface area contributed by atoms with Gasteiger partial charge >= 0.3 is 0 Å². The predicted molar refractivity (Wildman–Crippen MR) is 87.8 cm³/mol. The van der Waals surface area contributed by atoms with Crippen LogP contribution in [0, 0.1) is 5.82 Å². The number of hydroxylamine groups is 2. The molecule has 0 aromatic heterocycles. The lowest BCUT2D eigenvalue weighted by molar-refractivity contribution is -0.154. The van der Waals surface area contributed by atoms with E-state index < -0.39 is 23.9 Å². The highest BCUT2D eigenvalue weighted by Gasteiger charge is 2.42. The van der Waals surface area contributed by atoms with Crippen molar-refractivity contribution < 1.29 is 19.2 Å². The van der Waals surface area contributed by atoms with Gasteiger partial charge in [-0.1, -0.05) is 34.1 Å². The van der Waals surface area contributed by atoms with Gasteiger partial charge in [0.1, 0.15) is 24.3 Å². The summed E-state index contributed by atoms with van der Waals surface area (Å²) in [7, 11) is 0. The second kappa shape index (κ2) is 6.80. The van der Waals surface area contributed by atoms with E-state index in [-0.39, 0.29) is 12.1 Å². The maximum atomic E-state index is 13.4. The third kappa shape index (κ3) is 3.10. The Balaban J connectivity index is 2.00. The molecule has 3 rings (SSSR count). The van der Waals surface area contributed by atoms with Crippen molar-refractivity contribution in [3.63, 3.8) is 0 Å². The third-order valence-electron chi connectivity index (χ3n) is 3.91. The number of hydrogen-bond donors (Lipinski definition) is 1. The van der Waals surface area contributed by atoms with Gasteiger partial charge in [-0.3, -0.25) is 4.79 Å². The molecule has 2 atom stereocenters. The first kappa shape index (κ1) is 16.8. The summed E-state index contributed by atoms with van der Waals surface area (Å²) in [6.45, 7) is 0.0204. The first-order valence-corrected chi connectivity index (χ1v) is 8.05. The van der Waals surface area contributed by atoms with E-state index in [1.54, 1.807) is 18.2 Å². The summed E-state index contributed by atoms with van der Waals surface area (Å²) in [6.07, 6.45) is -0.238. The van der Waals surface area contributed by atoms with Gasteiger partial charge in [0.15, 0.2) is 0 Å². The van der Waals surface area contributed by atoms with Crippen LogP contribution in [0.2, 0.25) is 0 Å². The summed E-state index contributed by atoms with van der Waals surface area (Å²) < 4.78 is 14.2. The van der Waals surface area contributed by atoms with Gasteiger partial charge in [-0.05, 0) is 35.9 Å². The molecule has 0 bridgehead atoms. The maximum absolute atomic E-state index is 13.4. The van der Waals surface area contributed by atoms with Crippen LogP contribution in [0.5, 0.6) is 0 Å². The van der Waals surface area contributed by atoms with Gasteiger partial charge in [-0.2, -0.15) is 5.06 Å². The van der Waals surface area contributed by atoms with Gasteiger partial charge in [0.05, 0.1) is 0 Å². The Hall–Kier alpha value is -2.09. The number of aldehydes is 1. The molecule has 0 aliphatic carbocycles. The Morgan fingerprint density at radius 1 is 1.25 bits per heavy atom. The molecule has 1 aliphatic heterocycles. The molecular weight excluding hydrogens is 379 g/mol. The zero-order valence-corrected chi connectivity index (χ0v) is 14.1. The highest BCUT2D eigenvalue weighted by molar-refractivity contribution is 9.10. The van der Waals surface area contributed by atoms with Crippen molar-refractivity contribution >= 4 is 28.1 Å². The molecule has 1 heterocycles. The first-order chi connectivity index (χ1) is 11.5. The third-order valence-corrected chi connectivity index (χ3v) is 4.40. The molecule has 0 radical (unpaired) electrons. The van der Waals surface area contributed by atoms with Gasteiger partial charge in [-0.25, -0.2) is 4.39 Å². The minimum Gasteiger partial charge on any atom is -0.315 e. The SMILES string of the molecule is O=CC1CN(C(=O)c2cccc(F)c2)C(c2cccc(Br)c2)N1O. The van der Waals surface area contributed by atoms with Crippen LogP contribution in [0.1, 0.15) is 22.1 Å². The fraction of sp³-hybridized carbons (Fsp3) is 0.176. The molecule has 1 fully saturated rings. The number of amides is 1. The van der Waals surface area contributed by atoms with E-state index >= 15 is 0 Å². The van der Waals surface area contributed by atoms with Crippen LogP contribution in [0.25, 0.3) is 0 Å². The molecular formula is C17H14BrFN2O3. The lowest BCUT2D eigenvalue weighted by Gasteiger charge is -2.27. The number of benzene rings is 2. The minimum absolute atomic E-state index is 0.0204. The van der Waals surface area contributed by atoms with Crippen molar-refractivity contribution in [1.82, 2.24) is 9.96 Å². The topological polar surface area (TPSA) is 60.9 Å². The Morgan fingerprint density at radius 2 is 2.00 bits per heavy atom. The molecule has 0 saturated carbocycles. The second-order valence-electron chi connectivity index (χ2n) is 5.48. The van der Waals surface area contributed by atoms with Crippen molar-refractivity contribution in [2.24, 2.45) is 0 Å². The van der Waals surface area contributed by atoms with Crippen molar-refractivity contribution in [2.45, 2.75) is 12.2 Å². The lowest BCUT2D eigenvalue weighted by atomic mass is 10.1. The standard InChI is InChI=1S/C17H14BrFN2O3/c18-13-5-1-3-11(7-13)16-20(9-15(10-22)21(16)24)17(23)12-4-2-6-14(19)8-12/h1-8,10,15-16,24H,9H2. The van der Waals surface area contributed by atoms with Gasteiger partial charge < -0.3 is 14.9 Å². The fourth-order valence-corrected chi connectivity index (χ4v) is 3.21. The van der Waals surface area contributed by atoms with E-state index in [1.165, 1.54) is 23.1 Å². The van der Waals surface area contributed by atoms with Gasteiger partial charge in [0, 0.05) is 16.6 Å². The van der Waals surface area contributed by atoms with E-state index in [0.29, 0.717) is 11.8 Å². The van der Waals surface area contributed by atoms with Gasteiger partial charge in [0.25, 0.3) is 5.91 Å². The highest BCUT2D eigenvalue weighted by Crippen LogP contribution is 2.33. The molecule has 24 heavy (non-hydrogen) atoms. The maximum Gasteiger partial charge on any atom is 0.255 e. The molecule has 5 nitrogen and oxygen atoms in total. The highest BCUT2D eigenvalue weighted by atomic mass is 79.9. The van der Waals surface area contributed by atoms with E-state index in [4.69, 9.17) is 0 Å². The number of carbonyl (C=O) groups is 2. The van der Waals surface area contributed by atoms with Crippen LogP contribution in [-0.2, 0) is 4.79 Å². The van der Waals surface area contributed by atoms with Crippen LogP contribution in [0.4, 0.5) is 4.39 Å². The molecule has 2 aromatic carbocycles. The van der Waals surface area contributed by atoms with Crippen LogP contribution in [0.3, 0.4) is 0 Å². The van der Waals surface area contributed by atoms with Gasteiger partial charge in [0.2, 0.25) is 0 Å². The summed E-state index contributed by atoms with van der Waals surface area (Å²) in [5.41, 5.74) is 0.802. The number of hydrogen-bond acceptors (Lipinski definition) is 4. The molecule has 1 N–H and O–H groups in total. The van der Waals surface area contributed by atoms with E-state index in [9.17, 15) is 19.2 Å². The second-order valence-corrected chi connectivity index (χ2v) is 6.40. The number of halogens is 2. The largest absolute Gasteiger partial charge is 0.315 e. The Bertz CT molecular complexity index is 786. The first-order valence-electron chi connectivity index (χ1n) is 7.26. The van der Waals surface area contributed by atoms with E-state index in [2.05, 4.69) is 15.9 Å².